The second kappa shape index (κ2) is 13.3. The van der Waals surface area contributed by atoms with Crippen molar-refractivity contribution in [2.75, 3.05) is 26.5 Å². The molecule has 0 aromatic heterocycles. The van der Waals surface area contributed by atoms with E-state index < -0.39 is 9.84 Å². The lowest BCUT2D eigenvalue weighted by atomic mass is 10.1. The summed E-state index contributed by atoms with van der Waals surface area (Å²) in [5.41, 5.74) is 2.09. The molecule has 2 rings (SSSR count). The van der Waals surface area contributed by atoms with Gasteiger partial charge < -0.3 is 10.4 Å². The zero-order valence-electron chi connectivity index (χ0n) is 16.3. The normalized spacial score (nSPS) is 11.2. The molecule has 148 valence electrons. The highest BCUT2D eigenvalue weighted by molar-refractivity contribution is 7.90. The first-order valence-electron chi connectivity index (χ1n) is 9.26. The molecule has 0 atom stereocenters. The largest absolute Gasteiger partial charge is 0.396 e. The smallest absolute Gasteiger partial charge is 0.175 e. The number of hydrogen-bond acceptors (Lipinski definition) is 4. The number of benzene rings is 2. The Bertz CT molecular complexity index is 748. The first-order chi connectivity index (χ1) is 13.0. The lowest BCUT2D eigenvalue weighted by Gasteiger charge is -1.98. The van der Waals surface area contributed by atoms with E-state index in [1.807, 2.05) is 49.5 Å². The van der Waals surface area contributed by atoms with Crippen molar-refractivity contribution in [2.45, 2.75) is 30.6 Å². The first kappa shape index (κ1) is 23.1. The minimum atomic E-state index is -3.11. The molecule has 0 aliphatic carbocycles. The van der Waals surface area contributed by atoms with Crippen LogP contribution in [-0.2, 0) is 9.84 Å². The minimum absolute atomic E-state index is 0.347. The molecule has 0 fully saturated rings. The summed E-state index contributed by atoms with van der Waals surface area (Å²) < 4.78 is 22.6. The highest BCUT2D eigenvalue weighted by Gasteiger charge is 2.04. The van der Waals surface area contributed by atoms with Crippen molar-refractivity contribution in [1.29, 1.82) is 0 Å². The summed E-state index contributed by atoms with van der Waals surface area (Å²) in [5, 5.41) is 11.5. The Morgan fingerprint density at radius 1 is 0.852 bits per heavy atom. The molecular weight excluding hydrogens is 358 g/mol. The zero-order valence-corrected chi connectivity index (χ0v) is 17.1. The third kappa shape index (κ3) is 10.7. The summed E-state index contributed by atoms with van der Waals surface area (Å²) in [7, 11) is -1.15. The molecule has 2 aromatic rings. The van der Waals surface area contributed by atoms with Gasteiger partial charge in [-0.3, -0.25) is 0 Å². The van der Waals surface area contributed by atoms with Crippen LogP contribution in [0.1, 0.15) is 36.8 Å². The summed E-state index contributed by atoms with van der Waals surface area (Å²) in [6, 6.07) is 16.8. The molecule has 0 radical (unpaired) electrons. The van der Waals surface area contributed by atoms with Gasteiger partial charge in [0.25, 0.3) is 0 Å². The molecule has 0 heterocycles. The molecule has 0 saturated carbocycles. The summed E-state index contributed by atoms with van der Waals surface area (Å²) in [5.74, 6) is 0. The van der Waals surface area contributed by atoms with E-state index in [-0.39, 0.29) is 0 Å². The summed E-state index contributed by atoms with van der Waals surface area (Å²) in [4.78, 5) is 0.347. The maximum Gasteiger partial charge on any atom is 0.175 e. The van der Waals surface area contributed by atoms with Crippen LogP contribution in [-0.4, -0.2) is 40.0 Å². The fourth-order valence-corrected chi connectivity index (χ4v) is 2.98. The summed E-state index contributed by atoms with van der Waals surface area (Å²) in [6.07, 6.45) is 9.76. The lowest BCUT2D eigenvalue weighted by Crippen LogP contribution is -2.06. The van der Waals surface area contributed by atoms with Crippen molar-refractivity contribution in [3.05, 3.63) is 65.7 Å². The molecule has 0 aliphatic rings. The SMILES string of the molecule is CNCCCCCCO.CS(=O)(=O)c1ccc(C=Cc2ccccc2)cc1. The number of aliphatic hydroxyl groups is 1. The van der Waals surface area contributed by atoms with Gasteiger partial charge in [0.1, 0.15) is 0 Å². The molecule has 0 saturated heterocycles. The van der Waals surface area contributed by atoms with E-state index in [2.05, 4.69) is 5.32 Å². The molecule has 2 aromatic carbocycles. The highest BCUT2D eigenvalue weighted by Crippen LogP contribution is 2.13. The third-order valence-electron chi connectivity index (χ3n) is 3.91. The van der Waals surface area contributed by atoms with Crippen molar-refractivity contribution in [1.82, 2.24) is 5.32 Å². The van der Waals surface area contributed by atoms with Gasteiger partial charge >= 0.3 is 0 Å². The Balaban J connectivity index is 0.000000345. The Labute approximate surface area is 163 Å². The Morgan fingerprint density at radius 2 is 1.41 bits per heavy atom. The fraction of sp³-hybridized carbons (Fsp3) is 0.364. The number of hydrogen-bond donors (Lipinski definition) is 2. The van der Waals surface area contributed by atoms with Crippen LogP contribution in [0.3, 0.4) is 0 Å². The average molecular weight is 390 g/mol. The molecule has 0 unspecified atom stereocenters. The summed E-state index contributed by atoms with van der Waals surface area (Å²) >= 11 is 0. The number of nitrogens with one attached hydrogen (secondary N) is 1. The summed E-state index contributed by atoms with van der Waals surface area (Å²) in [6.45, 7) is 1.45. The molecule has 0 amide bonds. The van der Waals surface area contributed by atoms with Gasteiger partial charge in [-0.25, -0.2) is 8.42 Å². The van der Waals surface area contributed by atoms with Crippen LogP contribution in [0, 0.1) is 0 Å². The predicted molar refractivity (Wildman–Crippen MR) is 114 cm³/mol. The molecule has 2 N–H and O–H groups in total. The first-order valence-corrected chi connectivity index (χ1v) is 11.1. The molecule has 0 bridgehead atoms. The van der Waals surface area contributed by atoms with E-state index in [1.54, 1.807) is 24.3 Å². The van der Waals surface area contributed by atoms with Crippen LogP contribution >= 0.6 is 0 Å². The van der Waals surface area contributed by atoms with Crippen molar-refractivity contribution in [2.24, 2.45) is 0 Å². The monoisotopic (exact) mass is 389 g/mol. The van der Waals surface area contributed by atoms with E-state index in [0.29, 0.717) is 11.5 Å². The Morgan fingerprint density at radius 3 is 1.93 bits per heavy atom. The molecular formula is C22H31NO3S. The van der Waals surface area contributed by atoms with Crippen LogP contribution in [0.4, 0.5) is 0 Å². The molecule has 5 heteroatoms. The van der Waals surface area contributed by atoms with E-state index in [9.17, 15) is 8.42 Å². The lowest BCUT2D eigenvalue weighted by molar-refractivity contribution is 0.282. The highest BCUT2D eigenvalue weighted by atomic mass is 32.2. The maximum absolute atomic E-state index is 11.3. The standard InChI is InChI=1S/C15H14O2S.C7H17NO/c1-18(16,17)15-11-9-14(10-12-15)8-7-13-5-3-2-4-6-13;1-8-6-4-2-3-5-7-9/h2-12H,1H3;8-9H,2-7H2,1H3. The Hall–Kier alpha value is -1.95. The van der Waals surface area contributed by atoms with Crippen LogP contribution < -0.4 is 5.32 Å². The van der Waals surface area contributed by atoms with Gasteiger partial charge in [0.15, 0.2) is 9.84 Å². The van der Waals surface area contributed by atoms with Gasteiger partial charge in [-0.2, -0.15) is 0 Å². The van der Waals surface area contributed by atoms with Crippen LogP contribution in [0.25, 0.3) is 12.2 Å². The van der Waals surface area contributed by atoms with E-state index >= 15 is 0 Å². The van der Waals surface area contributed by atoms with E-state index in [0.717, 1.165) is 30.5 Å². The van der Waals surface area contributed by atoms with Crippen molar-refractivity contribution in [3.8, 4) is 0 Å². The molecule has 27 heavy (non-hydrogen) atoms. The Kier molecular flexibility index (Phi) is 11.3. The van der Waals surface area contributed by atoms with Crippen LogP contribution in [0.2, 0.25) is 0 Å². The van der Waals surface area contributed by atoms with Gasteiger partial charge in [-0.1, -0.05) is 67.5 Å². The van der Waals surface area contributed by atoms with Crippen LogP contribution in [0.15, 0.2) is 59.5 Å². The number of aliphatic hydroxyl groups excluding tert-OH is 1. The second-order valence-electron chi connectivity index (χ2n) is 6.33. The quantitative estimate of drug-likeness (QED) is 0.502. The molecule has 0 spiro atoms. The van der Waals surface area contributed by atoms with Gasteiger partial charge in [0.05, 0.1) is 4.90 Å². The van der Waals surface area contributed by atoms with Crippen molar-refractivity contribution < 1.29 is 13.5 Å². The second-order valence-corrected chi connectivity index (χ2v) is 8.34. The fourth-order valence-electron chi connectivity index (χ4n) is 2.35. The number of sulfone groups is 1. The van der Waals surface area contributed by atoms with Crippen molar-refractivity contribution in [3.63, 3.8) is 0 Å². The van der Waals surface area contributed by atoms with Gasteiger partial charge in [-0.05, 0) is 49.7 Å². The minimum Gasteiger partial charge on any atom is -0.396 e. The van der Waals surface area contributed by atoms with Crippen LogP contribution in [0.5, 0.6) is 0 Å². The number of rotatable bonds is 9. The topological polar surface area (TPSA) is 66.4 Å². The number of unbranched alkanes of at least 4 members (excludes halogenated alkanes) is 3. The van der Waals surface area contributed by atoms with E-state index in [1.165, 1.54) is 19.1 Å². The maximum atomic E-state index is 11.3. The van der Waals surface area contributed by atoms with E-state index in [4.69, 9.17) is 5.11 Å². The zero-order chi connectivity index (χ0) is 20.0. The predicted octanol–water partition coefficient (Wildman–Crippen LogP) is 4.02. The molecule has 4 nitrogen and oxygen atoms in total. The van der Waals surface area contributed by atoms with Crippen molar-refractivity contribution >= 4 is 22.0 Å². The third-order valence-corrected chi connectivity index (χ3v) is 5.04. The average Bonchev–Trinajstić information content (AvgIpc) is 2.67. The van der Waals surface area contributed by atoms with Gasteiger partial charge in [0.2, 0.25) is 0 Å². The van der Waals surface area contributed by atoms with Gasteiger partial charge in [-0.15, -0.1) is 0 Å². The van der Waals surface area contributed by atoms with Gasteiger partial charge in [0, 0.05) is 12.9 Å². The molecule has 0 aliphatic heterocycles.